The molecule has 5 heteroatoms. The molecule has 5 nitrogen and oxygen atoms in total. The highest BCUT2D eigenvalue weighted by Crippen LogP contribution is 2.38. The lowest BCUT2D eigenvalue weighted by Gasteiger charge is -2.36. The Hall–Kier alpha value is -2.66. The first-order valence-corrected chi connectivity index (χ1v) is 9.40. The van der Waals surface area contributed by atoms with Crippen molar-refractivity contribution in [2.45, 2.75) is 50.2 Å². The molecule has 1 aliphatic heterocycles. The zero-order chi connectivity index (χ0) is 19.4. The van der Waals surface area contributed by atoms with Crippen molar-refractivity contribution in [3.63, 3.8) is 0 Å². The number of nitrogens with one attached hydrogen (secondary N) is 2. The molecule has 1 heterocycles. The van der Waals surface area contributed by atoms with E-state index < -0.39 is 11.6 Å². The molecule has 27 heavy (non-hydrogen) atoms. The van der Waals surface area contributed by atoms with Gasteiger partial charge >= 0.3 is 0 Å². The summed E-state index contributed by atoms with van der Waals surface area (Å²) in [5.74, 6) is -0.654. The van der Waals surface area contributed by atoms with Crippen molar-refractivity contribution in [2.75, 3.05) is 0 Å². The number of amides is 2. The fourth-order valence-electron chi connectivity index (χ4n) is 3.79. The van der Waals surface area contributed by atoms with Crippen molar-refractivity contribution in [3.05, 3.63) is 71.8 Å². The summed E-state index contributed by atoms with van der Waals surface area (Å²) in [5, 5.41) is 6.06. The van der Waals surface area contributed by atoms with E-state index in [2.05, 4.69) is 10.6 Å². The van der Waals surface area contributed by atoms with Crippen molar-refractivity contribution in [3.8, 4) is 0 Å². The Balaban J connectivity index is 1.98. The van der Waals surface area contributed by atoms with Crippen LogP contribution in [0.5, 0.6) is 0 Å². The van der Waals surface area contributed by atoms with E-state index in [0.29, 0.717) is 0 Å². The lowest BCUT2D eigenvalue weighted by molar-refractivity contribution is -0.134. The predicted octanol–water partition coefficient (Wildman–Crippen LogP) is 2.64. The van der Waals surface area contributed by atoms with E-state index in [4.69, 9.17) is 5.73 Å². The minimum absolute atomic E-state index is 0.0843. The molecule has 0 saturated carbocycles. The number of benzene rings is 2. The molecule has 1 aliphatic rings. The van der Waals surface area contributed by atoms with Crippen molar-refractivity contribution in [2.24, 2.45) is 5.73 Å². The van der Waals surface area contributed by atoms with Gasteiger partial charge in [0.1, 0.15) is 5.54 Å². The van der Waals surface area contributed by atoms with Gasteiger partial charge in [0, 0.05) is 5.92 Å². The average Bonchev–Trinajstić information content (AvgIpc) is 2.80. The van der Waals surface area contributed by atoms with Crippen LogP contribution in [0.4, 0.5) is 0 Å². The SMILES string of the molecule is C[C@H](N)C(=O)N[C@]1(C)C(=O)N[C@H](c2ccccc2)CC[C@H]1c1ccccc1. The first-order valence-electron chi connectivity index (χ1n) is 9.40. The van der Waals surface area contributed by atoms with Crippen LogP contribution < -0.4 is 16.4 Å². The molecule has 4 atom stereocenters. The number of nitrogens with two attached hydrogens (primary N) is 1. The summed E-state index contributed by atoms with van der Waals surface area (Å²) >= 11 is 0. The summed E-state index contributed by atoms with van der Waals surface area (Å²) < 4.78 is 0. The van der Waals surface area contributed by atoms with E-state index in [1.165, 1.54) is 0 Å². The van der Waals surface area contributed by atoms with Gasteiger partial charge in [0.25, 0.3) is 0 Å². The van der Waals surface area contributed by atoms with Crippen LogP contribution in [-0.2, 0) is 9.59 Å². The van der Waals surface area contributed by atoms with E-state index in [1.54, 1.807) is 13.8 Å². The van der Waals surface area contributed by atoms with Gasteiger partial charge in [0.05, 0.1) is 12.1 Å². The van der Waals surface area contributed by atoms with Crippen LogP contribution in [0.2, 0.25) is 0 Å². The molecule has 2 aromatic carbocycles. The van der Waals surface area contributed by atoms with Crippen LogP contribution in [0.15, 0.2) is 60.7 Å². The largest absolute Gasteiger partial charge is 0.347 e. The Morgan fingerprint density at radius 3 is 2.19 bits per heavy atom. The van der Waals surface area contributed by atoms with Crippen molar-refractivity contribution in [1.29, 1.82) is 0 Å². The van der Waals surface area contributed by atoms with Gasteiger partial charge < -0.3 is 16.4 Å². The molecule has 0 aromatic heterocycles. The minimum atomic E-state index is -1.07. The summed E-state index contributed by atoms with van der Waals surface area (Å²) in [5.41, 5.74) is 6.79. The van der Waals surface area contributed by atoms with Gasteiger partial charge in [-0.25, -0.2) is 0 Å². The zero-order valence-electron chi connectivity index (χ0n) is 15.8. The van der Waals surface area contributed by atoms with Crippen molar-refractivity contribution in [1.82, 2.24) is 10.6 Å². The molecule has 0 spiro atoms. The van der Waals surface area contributed by atoms with Gasteiger partial charge in [0.15, 0.2) is 0 Å². The quantitative estimate of drug-likeness (QED) is 0.779. The second-order valence-corrected chi connectivity index (χ2v) is 7.46. The average molecular weight is 365 g/mol. The standard InChI is InChI=1S/C22H27N3O2/c1-15(23)20(26)25-22(2)18(16-9-5-3-6-10-16)13-14-19(24-21(22)27)17-11-7-4-8-12-17/h3-12,15,18-19H,13-14,23H2,1-2H3,(H,24,27)(H,25,26)/t15-,18-,19-,22-/m0/s1. The highest BCUT2D eigenvalue weighted by atomic mass is 16.2. The fourth-order valence-corrected chi connectivity index (χ4v) is 3.79. The van der Waals surface area contributed by atoms with Crippen LogP contribution in [-0.4, -0.2) is 23.4 Å². The third-order valence-corrected chi connectivity index (χ3v) is 5.42. The first-order chi connectivity index (χ1) is 12.9. The van der Waals surface area contributed by atoms with E-state index in [9.17, 15) is 9.59 Å². The molecule has 0 aliphatic carbocycles. The van der Waals surface area contributed by atoms with Crippen molar-refractivity contribution >= 4 is 11.8 Å². The number of rotatable bonds is 4. The lowest BCUT2D eigenvalue weighted by atomic mass is 9.77. The van der Waals surface area contributed by atoms with E-state index in [-0.39, 0.29) is 23.8 Å². The Morgan fingerprint density at radius 2 is 1.63 bits per heavy atom. The van der Waals surface area contributed by atoms with E-state index in [1.807, 2.05) is 60.7 Å². The second kappa shape index (κ2) is 7.92. The van der Waals surface area contributed by atoms with Gasteiger partial charge in [0.2, 0.25) is 11.8 Å². The first kappa shape index (κ1) is 19.1. The molecule has 2 aromatic rings. The van der Waals surface area contributed by atoms with Crippen LogP contribution in [0, 0.1) is 0 Å². The molecule has 2 amide bonds. The molecule has 1 saturated heterocycles. The monoisotopic (exact) mass is 365 g/mol. The van der Waals surface area contributed by atoms with E-state index in [0.717, 1.165) is 24.0 Å². The summed E-state index contributed by atoms with van der Waals surface area (Å²) in [6, 6.07) is 19.1. The van der Waals surface area contributed by atoms with Gasteiger partial charge in [-0.15, -0.1) is 0 Å². The number of hydrogen-bond donors (Lipinski definition) is 3. The Morgan fingerprint density at radius 1 is 1.07 bits per heavy atom. The van der Waals surface area contributed by atoms with Crippen LogP contribution in [0.3, 0.4) is 0 Å². The Labute approximate surface area is 160 Å². The Kier molecular flexibility index (Phi) is 5.61. The van der Waals surface area contributed by atoms with Gasteiger partial charge in [-0.2, -0.15) is 0 Å². The third-order valence-electron chi connectivity index (χ3n) is 5.42. The molecular formula is C22H27N3O2. The molecule has 1 fully saturated rings. The highest BCUT2D eigenvalue weighted by Gasteiger charge is 2.46. The summed E-state index contributed by atoms with van der Waals surface area (Å²) in [6.07, 6.45) is 1.55. The number of hydrogen-bond acceptors (Lipinski definition) is 3. The maximum absolute atomic E-state index is 13.3. The smallest absolute Gasteiger partial charge is 0.246 e. The number of carbonyl (C=O) groups is 2. The minimum Gasteiger partial charge on any atom is -0.347 e. The normalized spacial score (nSPS) is 26.6. The van der Waals surface area contributed by atoms with Crippen molar-refractivity contribution < 1.29 is 9.59 Å². The molecule has 0 radical (unpaired) electrons. The van der Waals surface area contributed by atoms with Crippen LogP contribution in [0.1, 0.15) is 49.8 Å². The fraction of sp³-hybridized carbons (Fsp3) is 0.364. The Bertz CT molecular complexity index is 792. The summed E-state index contributed by atoms with van der Waals surface area (Å²) in [6.45, 7) is 3.42. The second-order valence-electron chi connectivity index (χ2n) is 7.46. The maximum Gasteiger partial charge on any atom is 0.246 e. The molecule has 142 valence electrons. The lowest BCUT2D eigenvalue weighted by Crippen LogP contribution is -2.61. The van der Waals surface area contributed by atoms with Gasteiger partial charge in [-0.3, -0.25) is 9.59 Å². The highest BCUT2D eigenvalue weighted by molar-refractivity contribution is 5.94. The molecule has 0 unspecified atom stereocenters. The summed E-state index contributed by atoms with van der Waals surface area (Å²) in [7, 11) is 0. The topological polar surface area (TPSA) is 84.2 Å². The van der Waals surface area contributed by atoms with Crippen LogP contribution in [0.25, 0.3) is 0 Å². The predicted molar refractivity (Wildman–Crippen MR) is 106 cm³/mol. The molecular weight excluding hydrogens is 338 g/mol. The molecule has 3 rings (SSSR count). The van der Waals surface area contributed by atoms with Gasteiger partial charge in [-0.1, -0.05) is 60.7 Å². The summed E-state index contributed by atoms with van der Waals surface area (Å²) in [4.78, 5) is 25.7. The molecule has 0 bridgehead atoms. The maximum atomic E-state index is 13.3. The zero-order valence-corrected chi connectivity index (χ0v) is 15.8. The molecule has 4 N–H and O–H groups in total. The number of carbonyl (C=O) groups excluding carboxylic acids is 2. The van der Waals surface area contributed by atoms with Gasteiger partial charge in [-0.05, 0) is 37.8 Å². The van der Waals surface area contributed by atoms with E-state index >= 15 is 0 Å². The van der Waals surface area contributed by atoms with Crippen LogP contribution >= 0.6 is 0 Å². The third kappa shape index (κ3) is 4.03.